The van der Waals surface area contributed by atoms with Crippen LogP contribution in [-0.4, -0.2) is 16.7 Å². The molecule has 0 radical (unpaired) electrons. The van der Waals surface area contributed by atoms with Gasteiger partial charge in [0.05, 0.1) is 0 Å². The van der Waals surface area contributed by atoms with Crippen LogP contribution >= 0.6 is 7.37 Å². The summed E-state index contributed by atoms with van der Waals surface area (Å²) in [6.45, 7) is 8.61. The van der Waals surface area contributed by atoms with E-state index < -0.39 is 7.37 Å². The Bertz CT molecular complexity index is 253. The molecule has 0 saturated carbocycles. The van der Waals surface area contributed by atoms with Gasteiger partial charge in [0.25, 0.3) is 0 Å². The van der Waals surface area contributed by atoms with Gasteiger partial charge >= 0.3 is 0 Å². The van der Waals surface area contributed by atoms with Crippen molar-refractivity contribution in [2.24, 2.45) is 5.92 Å². The molecule has 0 heterocycles. The first kappa shape index (κ1) is 19.2. The first-order chi connectivity index (χ1) is 9.01. The van der Waals surface area contributed by atoms with Gasteiger partial charge in [-0.3, -0.25) is 4.57 Å². The number of hydrogen-bond acceptors (Lipinski definition) is 1. The molecule has 0 aromatic carbocycles. The summed E-state index contributed by atoms with van der Waals surface area (Å²) in [5, 5.41) is 0. The summed E-state index contributed by atoms with van der Waals surface area (Å²) in [5.41, 5.74) is 0.0492. The van der Waals surface area contributed by atoms with Crippen molar-refractivity contribution >= 4 is 7.37 Å². The summed E-state index contributed by atoms with van der Waals surface area (Å²) in [7, 11) is -2.96. The Hall–Kier alpha value is 0.190. The molecule has 0 saturated heterocycles. The highest BCUT2D eigenvalue weighted by Crippen LogP contribution is 2.52. The maximum atomic E-state index is 12.7. The van der Waals surface area contributed by atoms with Crippen LogP contribution in [0.1, 0.15) is 85.5 Å². The minimum Gasteiger partial charge on any atom is -0.344 e. The lowest BCUT2D eigenvalue weighted by Gasteiger charge is -2.26. The summed E-state index contributed by atoms with van der Waals surface area (Å²) in [6.07, 6.45) is 10.1. The van der Waals surface area contributed by atoms with Crippen LogP contribution in [0.15, 0.2) is 0 Å². The van der Waals surface area contributed by atoms with Crippen LogP contribution in [0.3, 0.4) is 0 Å². The topological polar surface area (TPSA) is 37.3 Å². The molecule has 0 aromatic heterocycles. The molecular formula is C16H35O2P. The molecule has 1 N–H and O–H groups in total. The van der Waals surface area contributed by atoms with Crippen LogP contribution in [-0.2, 0) is 4.57 Å². The molecule has 0 aliphatic carbocycles. The van der Waals surface area contributed by atoms with Gasteiger partial charge in [-0.25, -0.2) is 0 Å². The van der Waals surface area contributed by atoms with Gasteiger partial charge in [0.1, 0.15) is 0 Å². The average Bonchev–Trinajstić information content (AvgIpc) is 2.39. The summed E-state index contributed by atoms with van der Waals surface area (Å²) >= 11 is 0. The quantitative estimate of drug-likeness (QED) is 0.459. The third-order valence-electron chi connectivity index (χ3n) is 4.15. The van der Waals surface area contributed by atoms with Gasteiger partial charge in [0.2, 0.25) is 7.37 Å². The van der Waals surface area contributed by atoms with Crippen LogP contribution in [0.2, 0.25) is 0 Å². The van der Waals surface area contributed by atoms with E-state index in [4.69, 9.17) is 0 Å². The molecular weight excluding hydrogens is 255 g/mol. The van der Waals surface area contributed by atoms with Gasteiger partial charge in [-0.2, -0.15) is 0 Å². The van der Waals surface area contributed by atoms with Gasteiger partial charge in [-0.05, 0) is 25.2 Å². The number of rotatable bonds is 12. The summed E-state index contributed by atoms with van der Waals surface area (Å²) in [4.78, 5) is 10.5. The van der Waals surface area contributed by atoms with Gasteiger partial charge in [0, 0.05) is 11.8 Å². The fourth-order valence-electron chi connectivity index (χ4n) is 2.76. The van der Waals surface area contributed by atoms with Gasteiger partial charge in [0.15, 0.2) is 0 Å². The smallest absolute Gasteiger partial charge is 0.203 e. The molecule has 2 nitrogen and oxygen atoms in total. The Balaban J connectivity index is 4.53. The predicted octanol–water partition coefficient (Wildman–Crippen LogP) is 5.83. The molecule has 0 bridgehead atoms. The Morgan fingerprint density at radius 1 is 0.895 bits per heavy atom. The fraction of sp³-hybridized carbons (Fsp3) is 1.00. The van der Waals surface area contributed by atoms with Crippen molar-refractivity contribution in [1.29, 1.82) is 0 Å². The van der Waals surface area contributed by atoms with E-state index in [0.717, 1.165) is 44.9 Å². The van der Waals surface area contributed by atoms with Crippen molar-refractivity contribution in [3.63, 3.8) is 0 Å². The average molecular weight is 290 g/mol. The van der Waals surface area contributed by atoms with Crippen molar-refractivity contribution in [2.75, 3.05) is 6.16 Å². The van der Waals surface area contributed by atoms with Crippen molar-refractivity contribution < 1.29 is 9.46 Å². The zero-order valence-corrected chi connectivity index (χ0v) is 14.4. The van der Waals surface area contributed by atoms with E-state index >= 15 is 0 Å². The van der Waals surface area contributed by atoms with E-state index in [1.807, 2.05) is 0 Å². The minimum atomic E-state index is -2.96. The molecule has 19 heavy (non-hydrogen) atoms. The first-order valence-corrected chi connectivity index (χ1v) is 10.2. The molecule has 0 amide bonds. The third kappa shape index (κ3) is 8.15. The van der Waals surface area contributed by atoms with Crippen molar-refractivity contribution in [3.05, 3.63) is 0 Å². The molecule has 0 spiro atoms. The van der Waals surface area contributed by atoms with E-state index in [1.165, 1.54) is 12.8 Å². The van der Waals surface area contributed by atoms with Crippen LogP contribution in [0, 0.1) is 5.92 Å². The van der Waals surface area contributed by atoms with Gasteiger partial charge in [-0.15, -0.1) is 0 Å². The molecule has 0 fully saturated rings. The largest absolute Gasteiger partial charge is 0.344 e. The van der Waals surface area contributed by atoms with Gasteiger partial charge < -0.3 is 4.89 Å². The van der Waals surface area contributed by atoms with Crippen LogP contribution in [0.5, 0.6) is 0 Å². The van der Waals surface area contributed by atoms with Crippen LogP contribution in [0.4, 0.5) is 0 Å². The molecule has 0 aliphatic heterocycles. The molecule has 0 rings (SSSR count). The summed E-state index contributed by atoms with van der Waals surface area (Å²) in [6, 6.07) is 0. The molecule has 0 aliphatic rings. The monoisotopic (exact) mass is 290 g/mol. The van der Waals surface area contributed by atoms with E-state index in [2.05, 4.69) is 27.7 Å². The lowest BCUT2D eigenvalue weighted by Crippen LogP contribution is -2.16. The molecule has 3 heteroatoms. The molecule has 0 aromatic rings. The highest BCUT2D eigenvalue weighted by molar-refractivity contribution is 7.58. The molecule has 3 atom stereocenters. The maximum Gasteiger partial charge on any atom is 0.203 e. The minimum absolute atomic E-state index is 0.0492. The first-order valence-electron chi connectivity index (χ1n) is 8.33. The Labute approximate surface area is 120 Å². The number of unbranched alkanes of at least 4 members (excludes halogenated alkanes) is 2. The Morgan fingerprint density at radius 2 is 1.47 bits per heavy atom. The summed E-state index contributed by atoms with van der Waals surface area (Å²) < 4.78 is 12.7. The van der Waals surface area contributed by atoms with Crippen molar-refractivity contribution in [3.8, 4) is 0 Å². The fourth-order valence-corrected chi connectivity index (χ4v) is 5.48. The SMILES string of the molecule is CCCCC(CC)CP(=O)(O)C(CCC)CCCC. The second-order valence-corrected chi connectivity index (χ2v) is 8.55. The van der Waals surface area contributed by atoms with Gasteiger partial charge in [-0.1, -0.05) is 66.2 Å². The number of hydrogen-bond donors (Lipinski definition) is 1. The van der Waals surface area contributed by atoms with Crippen LogP contribution in [0.25, 0.3) is 0 Å². The third-order valence-corrected chi connectivity index (χ3v) is 6.84. The van der Waals surface area contributed by atoms with E-state index in [1.54, 1.807) is 0 Å². The van der Waals surface area contributed by atoms with E-state index in [-0.39, 0.29) is 5.66 Å². The lowest BCUT2D eigenvalue weighted by molar-refractivity contribution is 0.416. The zero-order chi connectivity index (χ0) is 14.7. The molecule has 3 unspecified atom stereocenters. The Kier molecular flexibility index (Phi) is 11.0. The second kappa shape index (κ2) is 10.9. The van der Waals surface area contributed by atoms with Crippen molar-refractivity contribution in [1.82, 2.24) is 0 Å². The van der Waals surface area contributed by atoms with E-state index in [0.29, 0.717) is 12.1 Å². The predicted molar refractivity (Wildman–Crippen MR) is 86.2 cm³/mol. The van der Waals surface area contributed by atoms with E-state index in [9.17, 15) is 9.46 Å². The highest BCUT2D eigenvalue weighted by Gasteiger charge is 2.31. The molecule has 116 valence electrons. The lowest BCUT2D eigenvalue weighted by atomic mass is 10.0. The van der Waals surface area contributed by atoms with Crippen LogP contribution < -0.4 is 0 Å². The zero-order valence-electron chi connectivity index (χ0n) is 13.5. The highest BCUT2D eigenvalue weighted by atomic mass is 31.2. The maximum absolute atomic E-state index is 12.7. The normalized spacial score (nSPS) is 17.9. The Morgan fingerprint density at radius 3 is 1.95 bits per heavy atom. The summed E-state index contributed by atoms with van der Waals surface area (Å²) in [5.74, 6) is 0.441. The van der Waals surface area contributed by atoms with Crippen molar-refractivity contribution in [2.45, 2.75) is 91.1 Å². The second-order valence-electron chi connectivity index (χ2n) is 5.94. The standard InChI is InChI=1S/C16H35O2P/c1-5-9-12-15(8-4)14-19(17,18)16(11-7-3)13-10-6-2/h15-16H,5-14H2,1-4H3,(H,17,18).